The fourth-order valence-corrected chi connectivity index (χ4v) is 2.32. The van der Waals surface area contributed by atoms with Crippen molar-refractivity contribution < 1.29 is 19.2 Å². The van der Waals surface area contributed by atoms with E-state index in [0.29, 0.717) is 25.8 Å². The van der Waals surface area contributed by atoms with Gasteiger partial charge in [-0.05, 0) is 19.3 Å². The maximum atomic E-state index is 12.1. The predicted octanol–water partition coefficient (Wildman–Crippen LogP) is -0.0535. The van der Waals surface area contributed by atoms with E-state index in [0.717, 1.165) is 12.8 Å². The molecule has 0 saturated carbocycles. The average molecular weight is 297 g/mol. The van der Waals surface area contributed by atoms with Crippen LogP contribution in [-0.4, -0.2) is 47.7 Å². The fourth-order valence-electron chi connectivity index (χ4n) is 2.32. The van der Waals surface area contributed by atoms with E-state index in [9.17, 15) is 19.2 Å². The second-order valence-corrected chi connectivity index (χ2v) is 5.15. The molecule has 0 bridgehead atoms. The van der Waals surface area contributed by atoms with E-state index in [1.807, 2.05) is 6.92 Å². The van der Waals surface area contributed by atoms with Crippen LogP contribution in [0.25, 0.3) is 0 Å². The first-order chi connectivity index (χ1) is 9.95. The van der Waals surface area contributed by atoms with E-state index in [2.05, 4.69) is 10.6 Å². The first-order valence-corrected chi connectivity index (χ1v) is 7.33. The monoisotopic (exact) mass is 297 g/mol. The van der Waals surface area contributed by atoms with Gasteiger partial charge in [-0.25, -0.2) is 0 Å². The van der Waals surface area contributed by atoms with Crippen molar-refractivity contribution in [3.05, 3.63) is 0 Å². The topological polar surface area (TPSA) is 95.6 Å². The lowest BCUT2D eigenvalue weighted by Crippen LogP contribution is -2.59. The Labute approximate surface area is 124 Å². The van der Waals surface area contributed by atoms with Crippen LogP contribution < -0.4 is 10.6 Å². The zero-order valence-corrected chi connectivity index (χ0v) is 12.6. The highest BCUT2D eigenvalue weighted by Gasteiger charge is 2.34. The summed E-state index contributed by atoms with van der Waals surface area (Å²) in [7, 11) is 0. The molecule has 1 aliphatic rings. The quantitative estimate of drug-likeness (QED) is 0.508. The Bertz CT molecular complexity index is 422. The Morgan fingerprint density at radius 3 is 2.62 bits per heavy atom. The lowest BCUT2D eigenvalue weighted by molar-refractivity contribution is -0.150. The maximum Gasteiger partial charge on any atom is 0.249 e. The van der Waals surface area contributed by atoms with Gasteiger partial charge in [0.2, 0.25) is 23.6 Å². The van der Waals surface area contributed by atoms with E-state index in [-0.39, 0.29) is 18.4 Å². The van der Waals surface area contributed by atoms with Gasteiger partial charge in [-0.15, -0.1) is 0 Å². The average Bonchev–Trinajstić information content (AvgIpc) is 2.41. The number of nitrogens with one attached hydrogen (secondary N) is 2. The third-order valence-corrected chi connectivity index (χ3v) is 3.40. The van der Waals surface area contributed by atoms with Crippen molar-refractivity contribution in [2.75, 3.05) is 13.1 Å². The summed E-state index contributed by atoms with van der Waals surface area (Å²) in [6.07, 6.45) is 3.12. The van der Waals surface area contributed by atoms with Gasteiger partial charge in [0.25, 0.3) is 0 Å². The Morgan fingerprint density at radius 1 is 1.29 bits per heavy atom. The standard InChI is InChI=1S/C14H23N3O4/c1-3-11-14(21)16-12(19)9-17(11)13(20)7-5-4-6-8-15-10(2)18/h11H,3-9H2,1-2H3,(H,15,18)(H,16,19,21). The summed E-state index contributed by atoms with van der Waals surface area (Å²) in [5, 5.41) is 4.94. The van der Waals surface area contributed by atoms with Gasteiger partial charge >= 0.3 is 0 Å². The Morgan fingerprint density at radius 2 is 2.00 bits per heavy atom. The maximum absolute atomic E-state index is 12.1. The van der Waals surface area contributed by atoms with Crippen molar-refractivity contribution in [1.82, 2.24) is 15.5 Å². The third kappa shape index (κ3) is 5.53. The smallest absolute Gasteiger partial charge is 0.249 e. The van der Waals surface area contributed by atoms with Crippen molar-refractivity contribution in [2.24, 2.45) is 0 Å². The molecule has 4 amide bonds. The lowest BCUT2D eigenvalue weighted by atomic mass is 10.1. The molecule has 1 atom stereocenters. The Balaban J connectivity index is 2.34. The predicted molar refractivity (Wildman–Crippen MR) is 76.1 cm³/mol. The molecule has 0 radical (unpaired) electrons. The van der Waals surface area contributed by atoms with Gasteiger partial charge in [-0.3, -0.25) is 24.5 Å². The van der Waals surface area contributed by atoms with Crippen LogP contribution in [0, 0.1) is 0 Å². The van der Waals surface area contributed by atoms with Crippen LogP contribution in [0.5, 0.6) is 0 Å². The number of carbonyl (C=O) groups excluding carboxylic acids is 4. The molecule has 0 aromatic carbocycles. The highest BCUT2D eigenvalue weighted by atomic mass is 16.2. The van der Waals surface area contributed by atoms with Crippen molar-refractivity contribution in [2.45, 2.75) is 52.0 Å². The second-order valence-electron chi connectivity index (χ2n) is 5.15. The molecule has 1 fully saturated rings. The van der Waals surface area contributed by atoms with E-state index >= 15 is 0 Å². The molecule has 118 valence electrons. The molecule has 7 nitrogen and oxygen atoms in total. The van der Waals surface area contributed by atoms with Gasteiger partial charge in [0.1, 0.15) is 12.6 Å². The lowest BCUT2D eigenvalue weighted by Gasteiger charge is -2.33. The van der Waals surface area contributed by atoms with Gasteiger partial charge < -0.3 is 10.2 Å². The van der Waals surface area contributed by atoms with Crippen LogP contribution in [0.4, 0.5) is 0 Å². The first-order valence-electron chi connectivity index (χ1n) is 7.33. The number of hydrogen-bond acceptors (Lipinski definition) is 4. The molecule has 1 unspecified atom stereocenters. The molecule has 0 aromatic rings. The van der Waals surface area contributed by atoms with Crippen LogP contribution >= 0.6 is 0 Å². The Kier molecular flexibility index (Phi) is 6.84. The van der Waals surface area contributed by atoms with E-state index in [4.69, 9.17) is 0 Å². The van der Waals surface area contributed by atoms with Crippen LogP contribution in [0.15, 0.2) is 0 Å². The second kappa shape index (κ2) is 8.39. The number of carbonyl (C=O) groups is 4. The Hall–Kier alpha value is -1.92. The minimum absolute atomic E-state index is 0.0467. The van der Waals surface area contributed by atoms with Crippen molar-refractivity contribution in [3.63, 3.8) is 0 Å². The number of amides is 4. The molecule has 1 aliphatic heterocycles. The molecule has 7 heteroatoms. The summed E-state index contributed by atoms with van der Waals surface area (Å²) in [6, 6.07) is -0.547. The van der Waals surface area contributed by atoms with Crippen molar-refractivity contribution in [3.8, 4) is 0 Å². The molecule has 21 heavy (non-hydrogen) atoms. The van der Waals surface area contributed by atoms with Crippen LogP contribution in [0.2, 0.25) is 0 Å². The summed E-state index contributed by atoms with van der Waals surface area (Å²) >= 11 is 0. The van der Waals surface area contributed by atoms with Gasteiger partial charge in [0.15, 0.2) is 0 Å². The van der Waals surface area contributed by atoms with E-state index < -0.39 is 17.9 Å². The molecule has 1 saturated heterocycles. The summed E-state index contributed by atoms with van der Waals surface area (Å²) in [5.74, 6) is -1.05. The summed E-state index contributed by atoms with van der Waals surface area (Å²) in [6.45, 7) is 3.83. The molecule has 0 aliphatic carbocycles. The van der Waals surface area contributed by atoms with Gasteiger partial charge in [-0.1, -0.05) is 13.3 Å². The molecular weight excluding hydrogens is 274 g/mol. The van der Waals surface area contributed by atoms with Crippen LogP contribution in [0.1, 0.15) is 46.0 Å². The highest BCUT2D eigenvalue weighted by molar-refractivity contribution is 6.04. The molecule has 1 rings (SSSR count). The number of rotatable bonds is 7. The zero-order valence-electron chi connectivity index (χ0n) is 12.6. The first kappa shape index (κ1) is 17.1. The van der Waals surface area contributed by atoms with E-state index in [1.54, 1.807) is 0 Å². The minimum atomic E-state index is -0.547. The molecular formula is C14H23N3O4. The fraction of sp³-hybridized carbons (Fsp3) is 0.714. The third-order valence-electron chi connectivity index (χ3n) is 3.40. The van der Waals surface area contributed by atoms with Crippen molar-refractivity contribution >= 4 is 23.6 Å². The molecule has 1 heterocycles. The van der Waals surface area contributed by atoms with Crippen LogP contribution in [-0.2, 0) is 19.2 Å². The summed E-state index contributed by atoms with van der Waals surface area (Å²) < 4.78 is 0. The van der Waals surface area contributed by atoms with Gasteiger partial charge in [0.05, 0.1) is 0 Å². The minimum Gasteiger partial charge on any atom is -0.356 e. The SMILES string of the molecule is CCC1C(=O)NC(=O)CN1C(=O)CCCCCNC(C)=O. The molecule has 0 spiro atoms. The van der Waals surface area contributed by atoms with Crippen LogP contribution in [0.3, 0.4) is 0 Å². The highest BCUT2D eigenvalue weighted by Crippen LogP contribution is 2.12. The zero-order chi connectivity index (χ0) is 15.8. The number of unbranched alkanes of at least 4 members (excludes halogenated alkanes) is 2. The van der Waals surface area contributed by atoms with Gasteiger partial charge in [-0.2, -0.15) is 0 Å². The summed E-state index contributed by atoms with van der Waals surface area (Å²) in [5.41, 5.74) is 0. The molecule has 0 aromatic heterocycles. The number of hydrogen-bond donors (Lipinski definition) is 2. The van der Waals surface area contributed by atoms with E-state index in [1.165, 1.54) is 11.8 Å². The normalized spacial score (nSPS) is 18.4. The molecule has 2 N–H and O–H groups in total. The number of piperazine rings is 1. The van der Waals surface area contributed by atoms with Gasteiger partial charge in [0, 0.05) is 19.9 Å². The number of imide groups is 1. The largest absolute Gasteiger partial charge is 0.356 e. The summed E-state index contributed by atoms with van der Waals surface area (Å²) in [4.78, 5) is 47.2. The van der Waals surface area contributed by atoms with Crippen molar-refractivity contribution in [1.29, 1.82) is 0 Å². The number of nitrogens with zero attached hydrogens (tertiary/aromatic N) is 1.